The smallest absolute Gasteiger partial charge is 0.137 e. The molecular weight excluding hydrogens is 380 g/mol. The maximum absolute atomic E-state index is 14.3. The normalized spacial score (nSPS) is 12.7. The standard InChI is InChI=1S/C15H15BrClF2NS/c1-3-4-20-14(15-13(17)8(2)7-21-15)9-5-12(19)10(16)6-11(9)18/h5-7,14,20H,3-4H2,1-2H3. The number of thiophene rings is 1. The highest BCUT2D eigenvalue weighted by molar-refractivity contribution is 9.10. The Labute approximate surface area is 140 Å². The zero-order valence-electron chi connectivity index (χ0n) is 11.6. The largest absolute Gasteiger partial charge is 0.305 e. The predicted octanol–water partition coefficient (Wildman–Crippen LogP) is 5.84. The summed E-state index contributed by atoms with van der Waals surface area (Å²) in [6.45, 7) is 4.61. The van der Waals surface area contributed by atoms with Gasteiger partial charge in [-0.2, -0.15) is 0 Å². The third-order valence-corrected chi connectivity index (χ3v) is 5.52. The Bertz CT molecular complexity index is 645. The van der Waals surface area contributed by atoms with Gasteiger partial charge in [0.25, 0.3) is 0 Å². The first kappa shape index (κ1) is 16.9. The van der Waals surface area contributed by atoms with E-state index < -0.39 is 17.7 Å². The number of halogens is 4. The van der Waals surface area contributed by atoms with Crippen molar-refractivity contribution in [1.29, 1.82) is 0 Å². The Morgan fingerprint density at radius 1 is 1.33 bits per heavy atom. The molecule has 1 aromatic heterocycles. The lowest BCUT2D eigenvalue weighted by molar-refractivity contribution is 0.536. The molecule has 114 valence electrons. The highest BCUT2D eigenvalue weighted by atomic mass is 79.9. The van der Waals surface area contributed by atoms with Crippen LogP contribution in [0.2, 0.25) is 5.02 Å². The number of aryl methyl sites for hydroxylation is 1. The van der Waals surface area contributed by atoms with E-state index in [0.29, 0.717) is 11.6 Å². The van der Waals surface area contributed by atoms with Gasteiger partial charge in [-0.3, -0.25) is 0 Å². The molecule has 1 heterocycles. The van der Waals surface area contributed by atoms with Crippen LogP contribution in [0.25, 0.3) is 0 Å². The molecule has 1 unspecified atom stereocenters. The van der Waals surface area contributed by atoms with Gasteiger partial charge in [0, 0.05) is 10.4 Å². The molecule has 0 spiro atoms. The number of benzene rings is 1. The van der Waals surface area contributed by atoms with Crippen LogP contribution in [0.15, 0.2) is 22.0 Å². The Morgan fingerprint density at radius 3 is 2.62 bits per heavy atom. The van der Waals surface area contributed by atoms with Gasteiger partial charge in [-0.05, 0) is 58.9 Å². The van der Waals surface area contributed by atoms with Crippen molar-refractivity contribution in [3.63, 3.8) is 0 Å². The molecule has 6 heteroatoms. The Kier molecular flexibility index (Phi) is 5.77. The van der Waals surface area contributed by atoms with Gasteiger partial charge < -0.3 is 5.32 Å². The minimum absolute atomic E-state index is 0.117. The molecule has 1 N–H and O–H groups in total. The highest BCUT2D eigenvalue weighted by Gasteiger charge is 2.23. The Balaban J connectivity index is 2.50. The van der Waals surface area contributed by atoms with Crippen LogP contribution in [-0.4, -0.2) is 6.54 Å². The summed E-state index contributed by atoms with van der Waals surface area (Å²) in [7, 11) is 0. The van der Waals surface area contributed by atoms with Crippen molar-refractivity contribution >= 4 is 38.9 Å². The van der Waals surface area contributed by atoms with Crippen LogP contribution in [0, 0.1) is 18.6 Å². The molecular formula is C15H15BrClF2NS. The predicted molar refractivity (Wildman–Crippen MR) is 88.3 cm³/mol. The Morgan fingerprint density at radius 2 is 2.05 bits per heavy atom. The molecule has 2 rings (SSSR count). The minimum Gasteiger partial charge on any atom is -0.305 e. The SMILES string of the molecule is CCCNC(c1cc(F)c(Br)cc1F)c1scc(C)c1Cl. The van der Waals surface area contributed by atoms with Gasteiger partial charge in [0.05, 0.1) is 15.5 Å². The summed E-state index contributed by atoms with van der Waals surface area (Å²) in [5, 5.41) is 5.78. The van der Waals surface area contributed by atoms with Crippen molar-refractivity contribution in [1.82, 2.24) is 5.32 Å². The fourth-order valence-corrected chi connectivity index (χ4v) is 3.75. The zero-order valence-corrected chi connectivity index (χ0v) is 14.8. The topological polar surface area (TPSA) is 12.0 Å². The number of hydrogen-bond donors (Lipinski definition) is 1. The van der Waals surface area contributed by atoms with Crippen molar-refractivity contribution < 1.29 is 8.78 Å². The maximum Gasteiger partial charge on any atom is 0.137 e. The molecule has 0 bridgehead atoms. The molecule has 21 heavy (non-hydrogen) atoms. The molecule has 0 amide bonds. The van der Waals surface area contributed by atoms with Crippen LogP contribution in [0.1, 0.15) is 35.4 Å². The summed E-state index contributed by atoms with van der Waals surface area (Å²) >= 11 is 10.8. The molecule has 0 aliphatic heterocycles. The first-order valence-corrected chi connectivity index (χ1v) is 8.62. The van der Waals surface area contributed by atoms with Gasteiger partial charge in [0.1, 0.15) is 11.6 Å². The van der Waals surface area contributed by atoms with Crippen molar-refractivity contribution in [2.24, 2.45) is 0 Å². The first-order valence-electron chi connectivity index (χ1n) is 6.57. The van der Waals surface area contributed by atoms with Crippen molar-refractivity contribution in [2.75, 3.05) is 6.54 Å². The van der Waals surface area contributed by atoms with Crippen LogP contribution < -0.4 is 5.32 Å². The van der Waals surface area contributed by atoms with Crippen LogP contribution in [0.5, 0.6) is 0 Å². The summed E-state index contributed by atoms with van der Waals surface area (Å²) in [5.41, 5.74) is 1.21. The molecule has 0 saturated carbocycles. The third kappa shape index (κ3) is 3.65. The first-order chi connectivity index (χ1) is 9.95. The molecule has 1 atom stereocenters. The second-order valence-electron chi connectivity index (χ2n) is 4.77. The number of rotatable bonds is 5. The second-order valence-corrected chi connectivity index (χ2v) is 6.92. The average Bonchev–Trinajstić information content (AvgIpc) is 2.77. The summed E-state index contributed by atoms with van der Waals surface area (Å²) in [5.74, 6) is -0.946. The van der Waals surface area contributed by atoms with Gasteiger partial charge >= 0.3 is 0 Å². The molecule has 0 fully saturated rings. The van der Waals surface area contributed by atoms with Crippen molar-refractivity contribution in [3.05, 3.63) is 54.6 Å². The minimum atomic E-state index is -0.487. The van der Waals surface area contributed by atoms with Crippen molar-refractivity contribution in [2.45, 2.75) is 26.3 Å². The van der Waals surface area contributed by atoms with Crippen LogP contribution in [0.3, 0.4) is 0 Å². The lowest BCUT2D eigenvalue weighted by Gasteiger charge is -2.19. The molecule has 0 aliphatic carbocycles. The van der Waals surface area contributed by atoms with E-state index in [9.17, 15) is 8.78 Å². The number of hydrogen-bond acceptors (Lipinski definition) is 2. The summed E-state index contributed by atoms with van der Waals surface area (Å²) in [6, 6.07) is 1.93. The maximum atomic E-state index is 14.3. The van der Waals surface area contributed by atoms with E-state index in [-0.39, 0.29) is 10.0 Å². The number of nitrogens with one attached hydrogen (secondary N) is 1. The monoisotopic (exact) mass is 393 g/mol. The van der Waals surface area contributed by atoms with E-state index in [2.05, 4.69) is 21.2 Å². The van der Waals surface area contributed by atoms with E-state index in [1.54, 1.807) is 0 Å². The lowest BCUT2D eigenvalue weighted by atomic mass is 10.0. The van der Waals surface area contributed by atoms with Crippen molar-refractivity contribution in [3.8, 4) is 0 Å². The van der Waals surface area contributed by atoms with Gasteiger partial charge in [-0.25, -0.2) is 8.78 Å². The van der Waals surface area contributed by atoms with E-state index in [0.717, 1.165) is 22.9 Å². The van der Waals surface area contributed by atoms with E-state index in [4.69, 9.17) is 11.6 Å². The molecule has 0 aliphatic rings. The molecule has 1 nitrogen and oxygen atoms in total. The van der Waals surface area contributed by atoms with E-state index in [1.165, 1.54) is 17.4 Å². The van der Waals surface area contributed by atoms with Gasteiger partial charge in [-0.15, -0.1) is 11.3 Å². The van der Waals surface area contributed by atoms with E-state index >= 15 is 0 Å². The van der Waals surface area contributed by atoms with Crippen LogP contribution in [-0.2, 0) is 0 Å². The van der Waals surface area contributed by atoms with Gasteiger partial charge in [-0.1, -0.05) is 18.5 Å². The lowest BCUT2D eigenvalue weighted by Crippen LogP contribution is -2.24. The Hall–Kier alpha value is -0.490. The van der Waals surface area contributed by atoms with E-state index in [1.807, 2.05) is 19.2 Å². The summed E-state index contributed by atoms with van der Waals surface area (Å²) in [4.78, 5) is 0.809. The fourth-order valence-electron chi connectivity index (χ4n) is 2.04. The molecule has 1 aromatic carbocycles. The second kappa shape index (κ2) is 7.18. The summed E-state index contributed by atoms with van der Waals surface area (Å²) in [6.07, 6.45) is 0.888. The van der Waals surface area contributed by atoms with Crippen LogP contribution >= 0.6 is 38.9 Å². The quantitative estimate of drug-likeness (QED) is 0.628. The highest BCUT2D eigenvalue weighted by Crippen LogP contribution is 2.37. The summed E-state index contributed by atoms with van der Waals surface area (Å²) < 4.78 is 28.2. The van der Waals surface area contributed by atoms with Gasteiger partial charge in [0.15, 0.2) is 0 Å². The van der Waals surface area contributed by atoms with Crippen LogP contribution in [0.4, 0.5) is 8.78 Å². The molecule has 0 saturated heterocycles. The van der Waals surface area contributed by atoms with Gasteiger partial charge in [0.2, 0.25) is 0 Å². The third-order valence-electron chi connectivity index (χ3n) is 3.14. The molecule has 2 aromatic rings. The molecule has 0 radical (unpaired) electrons. The average molecular weight is 395 g/mol. The zero-order chi connectivity index (χ0) is 15.6. The fraction of sp³-hybridized carbons (Fsp3) is 0.333.